The van der Waals surface area contributed by atoms with Crippen molar-refractivity contribution in [3.05, 3.63) is 29.6 Å². The highest BCUT2D eigenvalue weighted by molar-refractivity contribution is 5.38. The molecule has 1 heterocycles. The van der Waals surface area contributed by atoms with Gasteiger partial charge in [0.25, 0.3) is 0 Å². The molecule has 1 aromatic carbocycles. The molecule has 1 atom stereocenters. The number of hydrogen-bond acceptors (Lipinski definition) is 2. The summed E-state index contributed by atoms with van der Waals surface area (Å²) in [4.78, 5) is 0. The van der Waals surface area contributed by atoms with Gasteiger partial charge in [-0.2, -0.15) is 0 Å². The molecule has 0 fully saturated rings. The van der Waals surface area contributed by atoms with E-state index in [1.165, 1.54) is 12.1 Å². The molecule has 2 rings (SSSR count). The van der Waals surface area contributed by atoms with Crippen LogP contribution in [-0.2, 0) is 0 Å². The summed E-state index contributed by atoms with van der Waals surface area (Å²) in [5.41, 5.74) is 0.266. The number of halogens is 1. The van der Waals surface area contributed by atoms with Gasteiger partial charge in [-0.3, -0.25) is 0 Å². The third kappa shape index (κ3) is 1.80. The summed E-state index contributed by atoms with van der Waals surface area (Å²) >= 11 is 0. The Hall–Kier alpha value is -1.09. The van der Waals surface area contributed by atoms with Gasteiger partial charge in [0.05, 0.1) is 6.10 Å². The molecule has 3 heteroatoms. The van der Waals surface area contributed by atoms with E-state index in [-0.39, 0.29) is 11.4 Å². The smallest absolute Gasteiger partial charge is 0.126 e. The molecule has 2 nitrogen and oxygen atoms in total. The van der Waals surface area contributed by atoms with Gasteiger partial charge in [0.15, 0.2) is 0 Å². The quantitative estimate of drug-likeness (QED) is 0.835. The van der Waals surface area contributed by atoms with E-state index in [2.05, 4.69) is 0 Å². The van der Waals surface area contributed by atoms with Crippen LogP contribution in [0.4, 0.5) is 4.39 Å². The van der Waals surface area contributed by atoms with E-state index in [9.17, 15) is 9.50 Å². The van der Waals surface area contributed by atoms with Crippen molar-refractivity contribution in [1.82, 2.24) is 0 Å². The van der Waals surface area contributed by atoms with Crippen LogP contribution in [0.15, 0.2) is 18.2 Å². The summed E-state index contributed by atoms with van der Waals surface area (Å²) < 4.78 is 19.0. The Morgan fingerprint density at radius 3 is 2.75 bits per heavy atom. The van der Waals surface area contributed by atoms with E-state index in [4.69, 9.17) is 4.74 Å². The summed E-state index contributed by atoms with van der Waals surface area (Å²) in [5.74, 6) is 0.283. The molecule has 16 heavy (non-hydrogen) atoms. The van der Waals surface area contributed by atoms with Crippen molar-refractivity contribution in [2.45, 2.75) is 44.8 Å². The lowest BCUT2D eigenvalue weighted by Crippen LogP contribution is -2.40. The summed E-state index contributed by atoms with van der Waals surface area (Å²) in [6, 6.07) is 4.33. The van der Waals surface area contributed by atoms with Gasteiger partial charge in [-0.1, -0.05) is 13.8 Å². The van der Waals surface area contributed by atoms with Crippen molar-refractivity contribution < 1.29 is 14.2 Å². The average Bonchev–Trinajstić information content (AvgIpc) is 2.30. The van der Waals surface area contributed by atoms with Crippen molar-refractivity contribution in [3.63, 3.8) is 0 Å². The zero-order valence-corrected chi connectivity index (χ0v) is 9.66. The number of fused-ring (bicyclic) bond motifs is 1. The Kier molecular flexibility index (Phi) is 2.89. The van der Waals surface area contributed by atoms with E-state index in [0.717, 1.165) is 12.8 Å². The van der Waals surface area contributed by atoms with Crippen molar-refractivity contribution in [2.24, 2.45) is 0 Å². The van der Waals surface area contributed by atoms with E-state index in [1.54, 1.807) is 6.07 Å². The lowest BCUT2D eigenvalue weighted by molar-refractivity contribution is -0.0198. The molecule has 0 aliphatic carbocycles. The predicted molar refractivity (Wildman–Crippen MR) is 59.9 cm³/mol. The number of aliphatic hydroxyl groups is 1. The SMILES string of the molecule is CCC1(CC)C[C@H](O)c2cc(F)ccc2O1. The fraction of sp³-hybridized carbons (Fsp3) is 0.538. The van der Waals surface area contributed by atoms with Gasteiger partial charge in [-0.05, 0) is 31.0 Å². The Bertz CT molecular complexity index is 386. The molecule has 0 saturated carbocycles. The molecule has 1 aromatic rings. The summed E-state index contributed by atoms with van der Waals surface area (Å²) in [6.45, 7) is 4.09. The van der Waals surface area contributed by atoms with Crippen LogP contribution in [0.5, 0.6) is 5.75 Å². The Balaban J connectivity index is 2.40. The number of aliphatic hydroxyl groups excluding tert-OH is 1. The Labute approximate surface area is 95.1 Å². The zero-order valence-electron chi connectivity index (χ0n) is 9.66. The summed E-state index contributed by atoms with van der Waals surface area (Å²) in [7, 11) is 0. The maximum Gasteiger partial charge on any atom is 0.126 e. The highest BCUT2D eigenvalue weighted by atomic mass is 19.1. The average molecular weight is 224 g/mol. The fourth-order valence-electron chi connectivity index (χ4n) is 2.29. The summed E-state index contributed by atoms with van der Waals surface area (Å²) in [5, 5.41) is 10.0. The number of rotatable bonds is 2. The molecule has 0 amide bonds. The Morgan fingerprint density at radius 1 is 1.44 bits per heavy atom. The molecular weight excluding hydrogens is 207 g/mol. The zero-order chi connectivity index (χ0) is 11.8. The third-order valence-electron chi connectivity index (χ3n) is 3.51. The second kappa shape index (κ2) is 4.06. The van der Waals surface area contributed by atoms with Gasteiger partial charge in [-0.15, -0.1) is 0 Å². The molecular formula is C13H17FO2. The molecule has 1 N–H and O–H groups in total. The molecule has 0 radical (unpaired) electrons. The van der Waals surface area contributed by atoms with Crippen LogP contribution in [0.25, 0.3) is 0 Å². The van der Waals surface area contributed by atoms with Gasteiger partial charge in [0.1, 0.15) is 17.2 Å². The van der Waals surface area contributed by atoms with Crippen LogP contribution in [0.3, 0.4) is 0 Å². The maximum atomic E-state index is 13.1. The van der Waals surface area contributed by atoms with Gasteiger partial charge < -0.3 is 9.84 Å². The molecule has 0 aromatic heterocycles. The molecule has 0 saturated heterocycles. The predicted octanol–water partition coefficient (Wildman–Crippen LogP) is 3.20. The minimum absolute atomic E-state index is 0.301. The first-order valence-corrected chi connectivity index (χ1v) is 5.77. The van der Waals surface area contributed by atoms with Gasteiger partial charge in [-0.25, -0.2) is 4.39 Å². The monoisotopic (exact) mass is 224 g/mol. The second-order valence-corrected chi connectivity index (χ2v) is 4.39. The number of hydrogen-bond donors (Lipinski definition) is 1. The van der Waals surface area contributed by atoms with Crippen molar-refractivity contribution in [3.8, 4) is 5.75 Å². The van der Waals surface area contributed by atoms with Crippen LogP contribution in [0, 0.1) is 5.82 Å². The fourth-order valence-corrected chi connectivity index (χ4v) is 2.29. The number of ether oxygens (including phenoxy) is 1. The van der Waals surface area contributed by atoms with Crippen LogP contribution in [-0.4, -0.2) is 10.7 Å². The molecule has 0 spiro atoms. The Morgan fingerprint density at radius 2 is 2.12 bits per heavy atom. The van der Waals surface area contributed by atoms with E-state index < -0.39 is 6.10 Å². The van der Waals surface area contributed by atoms with Crippen LogP contribution >= 0.6 is 0 Å². The van der Waals surface area contributed by atoms with Crippen LogP contribution < -0.4 is 4.74 Å². The standard InChI is InChI=1S/C13H17FO2/c1-3-13(4-2)8-11(15)10-7-9(14)5-6-12(10)16-13/h5-7,11,15H,3-4,8H2,1-2H3/t11-/m0/s1. The highest BCUT2D eigenvalue weighted by Gasteiger charge is 2.37. The van der Waals surface area contributed by atoms with Gasteiger partial charge >= 0.3 is 0 Å². The van der Waals surface area contributed by atoms with Crippen molar-refractivity contribution in [1.29, 1.82) is 0 Å². The van der Waals surface area contributed by atoms with Gasteiger partial charge in [0.2, 0.25) is 0 Å². The highest BCUT2D eigenvalue weighted by Crippen LogP contribution is 2.42. The molecule has 88 valence electrons. The maximum absolute atomic E-state index is 13.1. The minimum Gasteiger partial charge on any atom is -0.487 e. The third-order valence-corrected chi connectivity index (χ3v) is 3.51. The lowest BCUT2D eigenvalue weighted by atomic mass is 9.85. The normalized spacial score (nSPS) is 22.4. The van der Waals surface area contributed by atoms with Crippen molar-refractivity contribution >= 4 is 0 Å². The molecule has 1 aliphatic rings. The molecule has 1 aliphatic heterocycles. The van der Waals surface area contributed by atoms with E-state index in [1.807, 2.05) is 13.8 Å². The van der Waals surface area contributed by atoms with Crippen molar-refractivity contribution in [2.75, 3.05) is 0 Å². The minimum atomic E-state index is -0.626. The first-order chi connectivity index (χ1) is 7.60. The second-order valence-electron chi connectivity index (χ2n) is 4.39. The van der Waals surface area contributed by atoms with Gasteiger partial charge in [0, 0.05) is 12.0 Å². The lowest BCUT2D eigenvalue weighted by Gasteiger charge is -2.39. The largest absolute Gasteiger partial charge is 0.487 e. The molecule has 0 unspecified atom stereocenters. The molecule has 0 bridgehead atoms. The first kappa shape index (κ1) is 11.4. The van der Waals surface area contributed by atoms with Crippen LogP contribution in [0.2, 0.25) is 0 Å². The van der Waals surface area contributed by atoms with E-state index >= 15 is 0 Å². The van der Waals surface area contributed by atoms with Crippen LogP contribution in [0.1, 0.15) is 44.8 Å². The first-order valence-electron chi connectivity index (χ1n) is 5.77. The number of benzene rings is 1. The topological polar surface area (TPSA) is 29.5 Å². The summed E-state index contributed by atoms with van der Waals surface area (Å²) in [6.07, 6.45) is 1.60. The van der Waals surface area contributed by atoms with E-state index in [0.29, 0.717) is 17.7 Å².